The van der Waals surface area contributed by atoms with Crippen molar-refractivity contribution in [1.82, 2.24) is 0 Å². The molecule has 3 aromatic rings. The van der Waals surface area contributed by atoms with Gasteiger partial charge in [0.1, 0.15) is 0 Å². The summed E-state index contributed by atoms with van der Waals surface area (Å²) in [5, 5.41) is 19.5. The van der Waals surface area contributed by atoms with E-state index in [1.54, 1.807) is 30.3 Å². The topological polar surface area (TPSA) is 86.6 Å². The van der Waals surface area contributed by atoms with Gasteiger partial charge in [0, 0.05) is 11.6 Å². The van der Waals surface area contributed by atoms with Crippen LogP contribution in [0.1, 0.15) is 36.0 Å². The lowest BCUT2D eigenvalue weighted by Crippen LogP contribution is -2.20. The first-order valence-electron chi connectivity index (χ1n) is 10.9. The number of sulfonamides is 1. The second-order valence-corrected chi connectivity index (χ2v) is 9.89. The molecule has 3 N–H and O–H groups in total. The number of benzene rings is 3. The molecule has 0 fully saturated rings. The van der Waals surface area contributed by atoms with Crippen molar-refractivity contribution >= 4 is 15.7 Å². The van der Waals surface area contributed by atoms with E-state index in [1.165, 1.54) is 5.56 Å². The first-order chi connectivity index (χ1) is 15.3. The maximum absolute atomic E-state index is 12.8. The van der Waals surface area contributed by atoms with Crippen LogP contribution in [-0.2, 0) is 22.9 Å². The number of aliphatic hydroxyl groups is 2. The second-order valence-electron chi connectivity index (χ2n) is 8.21. The van der Waals surface area contributed by atoms with Crippen molar-refractivity contribution in [3.63, 3.8) is 0 Å². The number of rotatable bonds is 11. The van der Waals surface area contributed by atoms with E-state index in [4.69, 9.17) is 0 Å². The van der Waals surface area contributed by atoms with Gasteiger partial charge in [-0.25, -0.2) is 8.42 Å². The minimum Gasteiger partial charge on any atom is -0.368 e. The third kappa shape index (κ3) is 7.19. The summed E-state index contributed by atoms with van der Waals surface area (Å²) in [6, 6.07) is 24.1. The Morgan fingerprint density at radius 3 is 2.19 bits per heavy atom. The van der Waals surface area contributed by atoms with Gasteiger partial charge in [-0.2, -0.15) is 0 Å². The van der Waals surface area contributed by atoms with Gasteiger partial charge in [-0.15, -0.1) is 0 Å². The van der Waals surface area contributed by atoms with Crippen molar-refractivity contribution in [2.45, 2.75) is 50.2 Å². The third-order valence-electron chi connectivity index (χ3n) is 5.62. The summed E-state index contributed by atoms with van der Waals surface area (Å²) >= 11 is 0. The lowest BCUT2D eigenvalue weighted by molar-refractivity contribution is -0.0882. The van der Waals surface area contributed by atoms with E-state index in [9.17, 15) is 18.6 Å². The quantitative estimate of drug-likeness (QED) is 0.368. The summed E-state index contributed by atoms with van der Waals surface area (Å²) in [7, 11) is -3.67. The van der Waals surface area contributed by atoms with E-state index in [0.29, 0.717) is 24.9 Å². The Morgan fingerprint density at radius 1 is 0.812 bits per heavy atom. The normalized spacial score (nSPS) is 12.6. The van der Waals surface area contributed by atoms with Crippen molar-refractivity contribution in [3.05, 3.63) is 95.6 Å². The molecule has 0 amide bonds. The van der Waals surface area contributed by atoms with E-state index >= 15 is 0 Å². The van der Waals surface area contributed by atoms with Crippen molar-refractivity contribution in [3.8, 4) is 0 Å². The van der Waals surface area contributed by atoms with Crippen LogP contribution < -0.4 is 4.72 Å². The molecule has 3 rings (SSSR count). The van der Waals surface area contributed by atoms with Crippen LogP contribution in [0.5, 0.6) is 0 Å². The van der Waals surface area contributed by atoms with Crippen LogP contribution >= 0.6 is 0 Å². The fourth-order valence-electron chi connectivity index (χ4n) is 3.71. The first kappa shape index (κ1) is 24.0. The smallest absolute Gasteiger partial charge is 0.261 e. The molecule has 1 atom stereocenters. The second kappa shape index (κ2) is 11.3. The zero-order valence-corrected chi connectivity index (χ0v) is 19.1. The van der Waals surface area contributed by atoms with Gasteiger partial charge in [-0.1, -0.05) is 60.2 Å². The third-order valence-corrected chi connectivity index (χ3v) is 7.00. The molecule has 0 aliphatic carbocycles. The Bertz CT molecular complexity index is 1080. The van der Waals surface area contributed by atoms with Gasteiger partial charge in [-0.05, 0) is 74.4 Å². The molecule has 3 aromatic carbocycles. The minimum absolute atomic E-state index is 0.217. The standard InChI is InChI=1S/C26H31NO4S/c1-20-13-17-24(18-14-20)27-32(30,31)25-12-6-10-22(19-25)9-5-11-23(26(28)29)16-15-21-7-3-2-4-8-21/h2-4,6-8,10,12-14,17-19,23,26-29H,5,9,11,15-16H2,1H3. The fourth-order valence-corrected chi connectivity index (χ4v) is 4.84. The van der Waals surface area contributed by atoms with Gasteiger partial charge in [0.15, 0.2) is 6.29 Å². The van der Waals surface area contributed by atoms with Crippen LogP contribution in [0.25, 0.3) is 0 Å². The zero-order valence-electron chi connectivity index (χ0n) is 18.3. The van der Waals surface area contributed by atoms with Crippen LogP contribution in [0.2, 0.25) is 0 Å². The largest absolute Gasteiger partial charge is 0.368 e. The highest BCUT2D eigenvalue weighted by Gasteiger charge is 2.17. The summed E-state index contributed by atoms with van der Waals surface area (Å²) in [5.74, 6) is -0.217. The number of nitrogens with one attached hydrogen (secondary N) is 1. The fraction of sp³-hybridized carbons (Fsp3) is 0.308. The van der Waals surface area contributed by atoms with Crippen LogP contribution in [0.3, 0.4) is 0 Å². The first-order valence-corrected chi connectivity index (χ1v) is 12.4. The molecule has 0 spiro atoms. The van der Waals surface area contributed by atoms with E-state index in [0.717, 1.165) is 24.0 Å². The van der Waals surface area contributed by atoms with Crippen molar-refractivity contribution < 1.29 is 18.6 Å². The SMILES string of the molecule is Cc1ccc(NS(=O)(=O)c2cccc(CCCC(CCc3ccccc3)C(O)O)c2)cc1. The lowest BCUT2D eigenvalue weighted by Gasteiger charge is -2.19. The molecule has 0 aliphatic rings. The Morgan fingerprint density at radius 2 is 1.50 bits per heavy atom. The molecular formula is C26H31NO4S. The molecular weight excluding hydrogens is 422 g/mol. The van der Waals surface area contributed by atoms with E-state index in [1.807, 2.05) is 55.5 Å². The Labute approximate surface area is 190 Å². The summed E-state index contributed by atoms with van der Waals surface area (Å²) < 4.78 is 28.1. The average molecular weight is 454 g/mol. The number of hydrogen-bond acceptors (Lipinski definition) is 4. The molecule has 0 saturated carbocycles. The van der Waals surface area contributed by atoms with Gasteiger partial charge in [0.05, 0.1) is 4.90 Å². The van der Waals surface area contributed by atoms with E-state index in [-0.39, 0.29) is 10.8 Å². The van der Waals surface area contributed by atoms with E-state index in [2.05, 4.69) is 4.72 Å². The zero-order chi connectivity index (χ0) is 23.0. The van der Waals surface area contributed by atoms with Gasteiger partial charge in [0.2, 0.25) is 0 Å². The molecule has 0 saturated heterocycles. The minimum atomic E-state index is -3.67. The molecule has 0 bridgehead atoms. The molecule has 0 radical (unpaired) electrons. The number of anilines is 1. The Balaban J connectivity index is 1.57. The molecule has 1 unspecified atom stereocenters. The predicted molar refractivity (Wildman–Crippen MR) is 128 cm³/mol. The highest BCUT2D eigenvalue weighted by Crippen LogP contribution is 2.22. The van der Waals surface area contributed by atoms with Crippen LogP contribution in [0, 0.1) is 12.8 Å². The number of aliphatic hydroxyl groups excluding tert-OH is 1. The van der Waals surface area contributed by atoms with Gasteiger partial charge in [0.25, 0.3) is 10.0 Å². The van der Waals surface area contributed by atoms with Gasteiger partial charge in [-0.3, -0.25) is 4.72 Å². The molecule has 32 heavy (non-hydrogen) atoms. The molecule has 170 valence electrons. The molecule has 6 heteroatoms. The van der Waals surface area contributed by atoms with Crippen LogP contribution in [-0.4, -0.2) is 24.9 Å². The summed E-state index contributed by atoms with van der Waals surface area (Å²) in [4.78, 5) is 0.221. The van der Waals surface area contributed by atoms with Crippen LogP contribution in [0.15, 0.2) is 83.8 Å². The highest BCUT2D eigenvalue weighted by molar-refractivity contribution is 7.92. The van der Waals surface area contributed by atoms with Crippen molar-refractivity contribution in [1.29, 1.82) is 0 Å². The van der Waals surface area contributed by atoms with Gasteiger partial charge >= 0.3 is 0 Å². The van der Waals surface area contributed by atoms with Crippen molar-refractivity contribution in [2.24, 2.45) is 5.92 Å². The summed E-state index contributed by atoms with van der Waals surface area (Å²) in [6.45, 7) is 1.95. The average Bonchev–Trinajstić information content (AvgIpc) is 2.78. The number of hydrogen-bond donors (Lipinski definition) is 3. The maximum Gasteiger partial charge on any atom is 0.261 e. The maximum atomic E-state index is 12.8. The summed E-state index contributed by atoms with van der Waals surface area (Å²) in [6.07, 6.45) is 2.19. The highest BCUT2D eigenvalue weighted by atomic mass is 32.2. The van der Waals surface area contributed by atoms with Crippen molar-refractivity contribution in [2.75, 3.05) is 4.72 Å². The Kier molecular flexibility index (Phi) is 8.45. The molecule has 0 aliphatic heterocycles. The Hall–Kier alpha value is -2.67. The number of aryl methyl sites for hydroxylation is 3. The van der Waals surface area contributed by atoms with Crippen LogP contribution in [0.4, 0.5) is 5.69 Å². The predicted octanol–water partition coefficient (Wildman–Crippen LogP) is 4.68. The molecule has 0 heterocycles. The van der Waals surface area contributed by atoms with Gasteiger partial charge < -0.3 is 10.2 Å². The lowest BCUT2D eigenvalue weighted by atomic mass is 9.93. The monoisotopic (exact) mass is 453 g/mol. The van der Waals surface area contributed by atoms with E-state index < -0.39 is 16.3 Å². The molecule has 0 aromatic heterocycles. The molecule has 5 nitrogen and oxygen atoms in total. The summed E-state index contributed by atoms with van der Waals surface area (Å²) in [5.41, 5.74) is 3.67.